The molecule has 2 aromatic rings. The first kappa shape index (κ1) is 19.9. The Labute approximate surface area is 172 Å². The van der Waals surface area contributed by atoms with Crippen molar-refractivity contribution >= 4 is 0 Å². The molecular weight excluding hydrogens is 365 g/mol. The van der Waals surface area contributed by atoms with E-state index in [1.807, 2.05) is 24.3 Å². The monoisotopic (exact) mass is 393 g/mol. The molecule has 2 bridgehead atoms. The third-order valence-corrected chi connectivity index (χ3v) is 6.37. The molecule has 0 N–H and O–H groups in total. The zero-order chi connectivity index (χ0) is 20.2. The van der Waals surface area contributed by atoms with Gasteiger partial charge in [0, 0.05) is 32.2 Å². The number of ether oxygens (including phenoxy) is 1. The quantitative estimate of drug-likeness (QED) is 0.715. The van der Waals surface area contributed by atoms with Crippen LogP contribution in [0.25, 0.3) is 0 Å². The van der Waals surface area contributed by atoms with E-state index in [2.05, 4.69) is 22.9 Å². The topological polar surface area (TPSA) is 39.5 Å². The van der Waals surface area contributed by atoms with Gasteiger partial charge in [-0.1, -0.05) is 12.1 Å². The molecule has 0 spiro atoms. The fraction of sp³-hybridized carbons (Fsp3) is 0.458. The first-order valence-electron chi connectivity index (χ1n) is 10.4. The van der Waals surface area contributed by atoms with Gasteiger partial charge in [0.15, 0.2) is 0 Å². The molecule has 1 heterocycles. The minimum Gasteiger partial charge on any atom is -0.492 e. The lowest BCUT2D eigenvalue weighted by atomic mass is 9.90. The third kappa shape index (κ3) is 4.77. The van der Waals surface area contributed by atoms with Crippen molar-refractivity contribution in [1.82, 2.24) is 9.80 Å². The van der Waals surface area contributed by atoms with Crippen molar-refractivity contribution in [1.29, 1.82) is 5.26 Å². The summed E-state index contributed by atoms with van der Waals surface area (Å²) in [7, 11) is 2.21. The second kappa shape index (κ2) is 8.94. The fourth-order valence-electron chi connectivity index (χ4n) is 5.09. The van der Waals surface area contributed by atoms with Crippen LogP contribution in [-0.4, -0.2) is 49.1 Å². The molecule has 5 heteroatoms. The van der Waals surface area contributed by atoms with Gasteiger partial charge in [-0.25, -0.2) is 4.39 Å². The Balaban J connectivity index is 1.27. The lowest BCUT2D eigenvalue weighted by Gasteiger charge is -2.42. The number of benzene rings is 2. The Morgan fingerprint density at radius 2 is 1.72 bits per heavy atom. The molecule has 29 heavy (non-hydrogen) atoms. The molecule has 152 valence electrons. The molecule has 0 radical (unpaired) electrons. The highest BCUT2D eigenvalue weighted by Gasteiger charge is 2.43. The highest BCUT2D eigenvalue weighted by Crippen LogP contribution is 2.40. The van der Waals surface area contributed by atoms with Crippen molar-refractivity contribution in [3.8, 4) is 11.8 Å². The van der Waals surface area contributed by atoms with E-state index in [1.165, 1.54) is 18.4 Å². The van der Waals surface area contributed by atoms with Gasteiger partial charge in [-0.3, -0.25) is 9.80 Å². The van der Waals surface area contributed by atoms with Crippen LogP contribution in [0.4, 0.5) is 4.39 Å². The van der Waals surface area contributed by atoms with E-state index in [4.69, 9.17) is 10.00 Å². The second-order valence-electron chi connectivity index (χ2n) is 8.37. The number of halogens is 1. The van der Waals surface area contributed by atoms with Gasteiger partial charge in [-0.2, -0.15) is 5.26 Å². The molecule has 4 rings (SSSR count). The summed E-state index contributed by atoms with van der Waals surface area (Å²) < 4.78 is 19.0. The van der Waals surface area contributed by atoms with E-state index in [0.717, 1.165) is 31.9 Å². The van der Waals surface area contributed by atoms with Crippen molar-refractivity contribution in [3.05, 3.63) is 65.5 Å². The molecular formula is C24H28FN3O. The summed E-state index contributed by atoms with van der Waals surface area (Å²) >= 11 is 0. The molecule has 2 fully saturated rings. The summed E-state index contributed by atoms with van der Waals surface area (Å²) in [5.41, 5.74) is 1.83. The Morgan fingerprint density at radius 3 is 2.34 bits per heavy atom. The van der Waals surface area contributed by atoms with E-state index in [0.29, 0.717) is 30.0 Å². The maximum Gasteiger partial charge on any atom is 0.123 e. The Morgan fingerprint density at radius 1 is 1.07 bits per heavy atom. The Kier molecular flexibility index (Phi) is 6.13. The lowest BCUT2D eigenvalue weighted by molar-refractivity contribution is 0.0514. The summed E-state index contributed by atoms with van der Waals surface area (Å²) in [5, 5.41) is 8.87. The molecule has 4 nitrogen and oxygen atoms in total. The van der Waals surface area contributed by atoms with Gasteiger partial charge in [0.25, 0.3) is 0 Å². The smallest absolute Gasteiger partial charge is 0.123 e. The number of piperidine rings is 1. The standard InChI is InChI=1S/C24H28FN3O/c1-27(15-19-2-8-22(25)9-3-19)24-20-6-7-21(24)17-28(16-20)12-13-29-23-10-4-18(14-26)5-11-23/h2-5,8-11,20-21,24H,6-7,12-13,15-17H2,1H3. The van der Waals surface area contributed by atoms with Crippen molar-refractivity contribution in [2.24, 2.45) is 11.8 Å². The van der Waals surface area contributed by atoms with Crippen LogP contribution < -0.4 is 4.74 Å². The molecule has 2 aromatic carbocycles. The molecule has 2 aliphatic rings. The van der Waals surface area contributed by atoms with Gasteiger partial charge in [0.05, 0.1) is 11.6 Å². The van der Waals surface area contributed by atoms with E-state index in [1.54, 1.807) is 24.3 Å². The van der Waals surface area contributed by atoms with Crippen molar-refractivity contribution in [2.75, 3.05) is 33.3 Å². The first-order valence-corrected chi connectivity index (χ1v) is 10.4. The van der Waals surface area contributed by atoms with E-state index in [-0.39, 0.29) is 5.82 Å². The minimum atomic E-state index is -0.173. The highest BCUT2D eigenvalue weighted by molar-refractivity contribution is 5.34. The summed E-state index contributed by atoms with van der Waals surface area (Å²) in [4.78, 5) is 5.01. The molecule has 1 aliphatic carbocycles. The van der Waals surface area contributed by atoms with Crippen LogP contribution in [0.1, 0.15) is 24.0 Å². The number of nitriles is 1. The molecule has 0 amide bonds. The van der Waals surface area contributed by atoms with E-state index < -0.39 is 0 Å². The highest BCUT2D eigenvalue weighted by atomic mass is 19.1. The van der Waals surface area contributed by atoms with E-state index >= 15 is 0 Å². The van der Waals surface area contributed by atoms with Crippen molar-refractivity contribution in [2.45, 2.75) is 25.4 Å². The third-order valence-electron chi connectivity index (χ3n) is 6.37. The van der Waals surface area contributed by atoms with Crippen LogP contribution >= 0.6 is 0 Å². The maximum atomic E-state index is 13.2. The van der Waals surface area contributed by atoms with E-state index in [9.17, 15) is 4.39 Å². The Bertz CT molecular complexity index is 832. The van der Waals surface area contributed by atoms with Crippen LogP contribution in [0.3, 0.4) is 0 Å². The summed E-state index contributed by atoms with van der Waals surface area (Å²) in [6, 6.07) is 16.9. The minimum absolute atomic E-state index is 0.173. The number of hydrogen-bond acceptors (Lipinski definition) is 4. The van der Waals surface area contributed by atoms with Gasteiger partial charge in [0.1, 0.15) is 18.2 Å². The van der Waals surface area contributed by atoms with Gasteiger partial charge in [0.2, 0.25) is 0 Å². The zero-order valence-electron chi connectivity index (χ0n) is 16.9. The molecule has 2 atom stereocenters. The normalized spacial score (nSPS) is 23.9. The zero-order valence-corrected chi connectivity index (χ0v) is 16.9. The van der Waals surface area contributed by atoms with Gasteiger partial charge < -0.3 is 4.74 Å². The van der Waals surface area contributed by atoms with Crippen molar-refractivity contribution in [3.63, 3.8) is 0 Å². The average molecular weight is 394 g/mol. The number of hydrogen-bond donors (Lipinski definition) is 0. The van der Waals surface area contributed by atoms with Gasteiger partial charge in [-0.15, -0.1) is 0 Å². The SMILES string of the molecule is CN(Cc1ccc(F)cc1)C1C2CCC1CN(CCOc1ccc(C#N)cc1)C2. The summed E-state index contributed by atoms with van der Waals surface area (Å²) in [5.74, 6) is 2.03. The van der Waals surface area contributed by atoms with Crippen LogP contribution in [0.5, 0.6) is 5.75 Å². The Hall–Kier alpha value is -2.42. The van der Waals surface area contributed by atoms with Gasteiger partial charge in [-0.05, 0) is 73.7 Å². The van der Waals surface area contributed by atoms with Crippen LogP contribution in [0, 0.1) is 29.0 Å². The molecule has 0 aromatic heterocycles. The average Bonchev–Trinajstić information content (AvgIpc) is 3.01. The van der Waals surface area contributed by atoms with Crippen LogP contribution in [0.2, 0.25) is 0 Å². The van der Waals surface area contributed by atoms with Crippen LogP contribution in [-0.2, 0) is 6.54 Å². The lowest BCUT2D eigenvalue weighted by Crippen LogP contribution is -2.52. The summed E-state index contributed by atoms with van der Waals surface area (Å²) in [6.45, 7) is 4.71. The molecule has 2 unspecified atom stereocenters. The summed E-state index contributed by atoms with van der Waals surface area (Å²) in [6.07, 6.45) is 2.58. The number of nitrogens with zero attached hydrogens (tertiary/aromatic N) is 3. The van der Waals surface area contributed by atoms with Crippen molar-refractivity contribution < 1.29 is 9.13 Å². The first-order chi connectivity index (χ1) is 14.1. The predicted octanol–water partition coefficient (Wildman–Crippen LogP) is 3.92. The number of rotatable bonds is 7. The second-order valence-corrected chi connectivity index (χ2v) is 8.37. The van der Waals surface area contributed by atoms with Gasteiger partial charge >= 0.3 is 0 Å². The van der Waals surface area contributed by atoms with Crippen LogP contribution in [0.15, 0.2) is 48.5 Å². The molecule has 1 aliphatic heterocycles. The largest absolute Gasteiger partial charge is 0.492 e. The predicted molar refractivity (Wildman–Crippen MR) is 111 cm³/mol. The fourth-order valence-corrected chi connectivity index (χ4v) is 5.09. The number of likely N-dealkylation sites (tertiary alicyclic amines) is 1. The molecule has 1 saturated heterocycles. The maximum absolute atomic E-state index is 13.2. The molecule has 1 saturated carbocycles. The number of fused-ring (bicyclic) bond motifs is 2.